The third kappa shape index (κ3) is 1.49. The van der Waals surface area contributed by atoms with Gasteiger partial charge in [-0.25, -0.2) is 0 Å². The zero-order chi connectivity index (χ0) is 12.9. The molecule has 1 aliphatic rings. The minimum absolute atomic E-state index is 0.0928. The number of H-pyrrole nitrogens is 1. The lowest BCUT2D eigenvalue weighted by Crippen LogP contribution is -2.13. The Balaban J connectivity index is 2.15. The van der Waals surface area contributed by atoms with Gasteiger partial charge >= 0.3 is 5.97 Å². The van der Waals surface area contributed by atoms with Crippen LogP contribution in [0.15, 0.2) is 18.3 Å². The molecule has 4 nitrogen and oxygen atoms in total. The molecule has 3 N–H and O–H groups in total. The molecule has 1 heterocycles. The maximum atomic E-state index is 10.9. The predicted molar refractivity (Wildman–Crippen MR) is 67.9 cm³/mol. The minimum Gasteiger partial charge on any atom is -0.507 e. The van der Waals surface area contributed by atoms with E-state index in [1.165, 1.54) is 0 Å². The van der Waals surface area contributed by atoms with E-state index in [0.717, 1.165) is 34.9 Å². The Labute approximate surface area is 104 Å². The highest BCUT2D eigenvalue weighted by atomic mass is 16.4. The van der Waals surface area contributed by atoms with Crippen LogP contribution in [0.2, 0.25) is 0 Å². The summed E-state index contributed by atoms with van der Waals surface area (Å²) in [6, 6.07) is 3.77. The summed E-state index contributed by atoms with van der Waals surface area (Å²) >= 11 is 0. The van der Waals surface area contributed by atoms with Crippen LogP contribution in [0.4, 0.5) is 0 Å². The van der Waals surface area contributed by atoms with E-state index >= 15 is 0 Å². The van der Waals surface area contributed by atoms with Crippen LogP contribution in [-0.2, 0) is 10.2 Å². The normalized spacial score (nSPS) is 16.9. The third-order valence-electron chi connectivity index (χ3n) is 3.93. The quantitative estimate of drug-likeness (QED) is 0.778. The molecule has 94 valence electrons. The van der Waals surface area contributed by atoms with Crippen LogP contribution in [0.25, 0.3) is 10.9 Å². The Hall–Kier alpha value is -1.97. The monoisotopic (exact) mass is 245 g/mol. The van der Waals surface area contributed by atoms with Crippen molar-refractivity contribution in [3.63, 3.8) is 0 Å². The lowest BCUT2D eigenvalue weighted by molar-refractivity contribution is -0.137. The molecule has 0 amide bonds. The first-order valence-electron chi connectivity index (χ1n) is 6.05. The first kappa shape index (κ1) is 11.1. The van der Waals surface area contributed by atoms with E-state index in [0.29, 0.717) is 0 Å². The van der Waals surface area contributed by atoms with Crippen molar-refractivity contribution in [3.8, 4) is 5.75 Å². The number of hydrogen-bond acceptors (Lipinski definition) is 2. The summed E-state index contributed by atoms with van der Waals surface area (Å²) in [5, 5.41) is 20.2. The number of aromatic nitrogens is 1. The Bertz CT molecular complexity index is 638. The first-order chi connectivity index (χ1) is 8.53. The number of aryl methyl sites for hydroxylation is 1. The van der Waals surface area contributed by atoms with Crippen molar-refractivity contribution in [2.75, 3.05) is 0 Å². The Morgan fingerprint density at radius 2 is 2.17 bits per heavy atom. The zero-order valence-corrected chi connectivity index (χ0v) is 10.2. The van der Waals surface area contributed by atoms with Crippen LogP contribution in [0.5, 0.6) is 5.75 Å². The Morgan fingerprint density at radius 3 is 2.78 bits per heavy atom. The lowest BCUT2D eigenvalue weighted by Gasteiger charge is -2.15. The van der Waals surface area contributed by atoms with Gasteiger partial charge in [0.25, 0.3) is 0 Å². The zero-order valence-electron chi connectivity index (χ0n) is 10.2. The highest BCUT2D eigenvalue weighted by Crippen LogP contribution is 2.54. The number of nitrogens with one attached hydrogen (secondary N) is 1. The summed E-state index contributed by atoms with van der Waals surface area (Å²) in [6.45, 7) is 1.93. The number of carbonyl (C=O) groups is 1. The second-order valence-electron chi connectivity index (χ2n) is 5.21. The summed E-state index contributed by atoms with van der Waals surface area (Å²) in [5.74, 6) is -0.567. The van der Waals surface area contributed by atoms with Gasteiger partial charge in [-0.3, -0.25) is 4.79 Å². The van der Waals surface area contributed by atoms with Gasteiger partial charge in [0.1, 0.15) is 5.75 Å². The van der Waals surface area contributed by atoms with E-state index in [4.69, 9.17) is 5.11 Å². The average Bonchev–Trinajstić information content (AvgIpc) is 2.95. The fraction of sp³-hybridized carbons (Fsp3) is 0.357. The number of phenols is 1. The summed E-state index contributed by atoms with van der Waals surface area (Å²) in [4.78, 5) is 14.0. The maximum absolute atomic E-state index is 10.9. The number of hydrogen-bond donors (Lipinski definition) is 3. The van der Waals surface area contributed by atoms with Crippen LogP contribution in [0, 0.1) is 6.92 Å². The van der Waals surface area contributed by atoms with Gasteiger partial charge in [-0.2, -0.15) is 0 Å². The molecule has 0 spiro atoms. The van der Waals surface area contributed by atoms with Crippen molar-refractivity contribution in [1.29, 1.82) is 0 Å². The number of fused-ring (bicyclic) bond motifs is 1. The van der Waals surface area contributed by atoms with E-state index in [2.05, 4.69) is 4.98 Å². The van der Waals surface area contributed by atoms with Gasteiger partial charge in [0, 0.05) is 28.1 Å². The molecule has 0 bridgehead atoms. The number of phenolic OH excluding ortho intramolecular Hbond substituents is 1. The summed E-state index contributed by atoms with van der Waals surface area (Å²) in [7, 11) is 0. The minimum atomic E-state index is -0.808. The molecule has 0 aliphatic heterocycles. The predicted octanol–water partition coefficient (Wildman–Crippen LogP) is 2.69. The standard InChI is InChI=1S/C14H15NO3/c1-8-7-15-10-3-2-9(13(18)12(8)10)14(4-5-14)6-11(16)17/h2-3,7,15,18H,4-6H2,1H3,(H,16,17). The SMILES string of the molecule is Cc1c[nH]c2ccc(C3(CC(=O)O)CC3)c(O)c12. The molecule has 0 unspecified atom stereocenters. The van der Waals surface area contributed by atoms with Gasteiger partial charge in [0.15, 0.2) is 0 Å². The highest BCUT2D eigenvalue weighted by Gasteiger charge is 2.47. The van der Waals surface area contributed by atoms with Crippen molar-refractivity contribution in [2.45, 2.75) is 31.6 Å². The molecular formula is C14H15NO3. The van der Waals surface area contributed by atoms with Crippen molar-refractivity contribution in [2.24, 2.45) is 0 Å². The van der Waals surface area contributed by atoms with Gasteiger partial charge in [-0.1, -0.05) is 6.07 Å². The van der Waals surface area contributed by atoms with Crippen LogP contribution in [-0.4, -0.2) is 21.2 Å². The van der Waals surface area contributed by atoms with Crippen LogP contribution in [0.3, 0.4) is 0 Å². The Kier molecular flexibility index (Phi) is 2.17. The van der Waals surface area contributed by atoms with E-state index in [9.17, 15) is 9.90 Å². The van der Waals surface area contributed by atoms with Crippen molar-refractivity contribution >= 4 is 16.9 Å². The summed E-state index contributed by atoms with van der Waals surface area (Å²) in [5.41, 5.74) is 2.30. The molecule has 4 heteroatoms. The number of benzene rings is 1. The molecular weight excluding hydrogens is 230 g/mol. The molecule has 1 aromatic carbocycles. The van der Waals surface area contributed by atoms with E-state index in [-0.39, 0.29) is 17.6 Å². The molecule has 3 rings (SSSR count). The Morgan fingerprint density at radius 1 is 1.44 bits per heavy atom. The molecule has 18 heavy (non-hydrogen) atoms. The number of rotatable bonds is 3. The fourth-order valence-electron chi connectivity index (χ4n) is 2.78. The number of aromatic hydroxyl groups is 1. The van der Waals surface area contributed by atoms with E-state index in [1.807, 2.05) is 25.3 Å². The molecule has 0 radical (unpaired) electrons. The largest absolute Gasteiger partial charge is 0.507 e. The number of aromatic amines is 1. The molecule has 2 aromatic rings. The second-order valence-corrected chi connectivity index (χ2v) is 5.21. The number of carboxylic acid groups (broad SMARTS) is 1. The second kappa shape index (κ2) is 3.51. The third-order valence-corrected chi connectivity index (χ3v) is 3.93. The smallest absolute Gasteiger partial charge is 0.304 e. The fourth-order valence-corrected chi connectivity index (χ4v) is 2.78. The molecule has 1 aromatic heterocycles. The number of carboxylic acids is 1. The van der Waals surface area contributed by atoms with Gasteiger partial charge in [-0.05, 0) is 31.4 Å². The number of aliphatic carboxylic acids is 1. The topological polar surface area (TPSA) is 73.3 Å². The van der Waals surface area contributed by atoms with Gasteiger partial charge in [0.2, 0.25) is 0 Å². The van der Waals surface area contributed by atoms with Gasteiger partial charge < -0.3 is 15.2 Å². The molecule has 1 aliphatic carbocycles. The van der Waals surface area contributed by atoms with Crippen LogP contribution in [0.1, 0.15) is 30.4 Å². The lowest BCUT2D eigenvalue weighted by atomic mass is 9.90. The molecule has 0 saturated heterocycles. The van der Waals surface area contributed by atoms with Gasteiger partial charge in [-0.15, -0.1) is 0 Å². The molecule has 1 saturated carbocycles. The van der Waals surface area contributed by atoms with Crippen molar-refractivity contribution < 1.29 is 15.0 Å². The van der Waals surface area contributed by atoms with E-state index in [1.54, 1.807) is 0 Å². The van der Waals surface area contributed by atoms with E-state index < -0.39 is 5.97 Å². The molecule has 0 atom stereocenters. The van der Waals surface area contributed by atoms with Crippen LogP contribution < -0.4 is 0 Å². The first-order valence-corrected chi connectivity index (χ1v) is 6.05. The maximum Gasteiger partial charge on any atom is 0.304 e. The summed E-state index contributed by atoms with van der Waals surface area (Å²) in [6.07, 6.45) is 3.62. The van der Waals surface area contributed by atoms with Crippen LogP contribution >= 0.6 is 0 Å². The van der Waals surface area contributed by atoms with Gasteiger partial charge in [0.05, 0.1) is 6.42 Å². The molecule has 1 fully saturated rings. The average molecular weight is 245 g/mol. The van der Waals surface area contributed by atoms with Crippen molar-refractivity contribution in [3.05, 3.63) is 29.5 Å². The summed E-state index contributed by atoms with van der Waals surface area (Å²) < 4.78 is 0. The van der Waals surface area contributed by atoms with Crippen molar-refractivity contribution in [1.82, 2.24) is 4.98 Å². The highest BCUT2D eigenvalue weighted by molar-refractivity contribution is 5.91.